The number of halogens is 2. The standard InChI is InChI=1S/C8H9Cl2N3O/c1-5-2-11-3-6-12-8(14,7(9)10)4-13(5)6/h2-3,7,14H,4H2,1H3. The van der Waals surface area contributed by atoms with Crippen molar-refractivity contribution in [2.45, 2.75) is 17.5 Å². The topological polar surface area (TPSA) is 48.2 Å². The molecule has 0 aromatic rings. The number of rotatable bonds is 1. The van der Waals surface area contributed by atoms with Gasteiger partial charge in [-0.25, -0.2) is 4.99 Å². The fourth-order valence-electron chi connectivity index (χ4n) is 1.41. The normalized spacial score (nSPS) is 30.5. The Bertz CT molecular complexity index is 350. The molecule has 0 saturated heterocycles. The van der Waals surface area contributed by atoms with E-state index in [9.17, 15) is 5.11 Å². The molecular weight excluding hydrogens is 225 g/mol. The zero-order valence-electron chi connectivity index (χ0n) is 7.48. The lowest BCUT2D eigenvalue weighted by molar-refractivity contribution is 0.0632. The maximum absolute atomic E-state index is 9.94. The largest absolute Gasteiger partial charge is 0.366 e. The van der Waals surface area contributed by atoms with Gasteiger partial charge in [-0.3, -0.25) is 4.99 Å². The van der Waals surface area contributed by atoms with Gasteiger partial charge in [-0.05, 0) is 6.92 Å². The summed E-state index contributed by atoms with van der Waals surface area (Å²) in [7, 11) is 0. The quantitative estimate of drug-likeness (QED) is 0.691. The second-order valence-electron chi connectivity index (χ2n) is 3.28. The summed E-state index contributed by atoms with van der Waals surface area (Å²) in [5, 5.41) is 9.94. The van der Waals surface area contributed by atoms with E-state index in [1.54, 1.807) is 12.4 Å². The number of fused-ring (bicyclic) bond motifs is 1. The number of hydrogen-bond donors (Lipinski definition) is 1. The maximum atomic E-state index is 9.94. The number of aliphatic hydroxyl groups is 1. The molecule has 6 heteroatoms. The molecule has 0 amide bonds. The third-order valence-electron chi connectivity index (χ3n) is 2.20. The van der Waals surface area contributed by atoms with Crippen molar-refractivity contribution < 1.29 is 5.11 Å². The summed E-state index contributed by atoms with van der Waals surface area (Å²) in [5.74, 6) is 0.596. The summed E-state index contributed by atoms with van der Waals surface area (Å²) < 4.78 is 0. The highest BCUT2D eigenvalue weighted by Gasteiger charge is 2.43. The highest BCUT2D eigenvalue weighted by atomic mass is 35.5. The second kappa shape index (κ2) is 3.22. The Balaban J connectivity index is 2.33. The molecule has 0 saturated carbocycles. The predicted octanol–water partition coefficient (Wildman–Crippen LogP) is 1.14. The van der Waals surface area contributed by atoms with Crippen molar-refractivity contribution in [2.75, 3.05) is 6.54 Å². The van der Waals surface area contributed by atoms with E-state index in [0.717, 1.165) is 5.70 Å². The van der Waals surface area contributed by atoms with E-state index in [0.29, 0.717) is 5.84 Å². The molecule has 0 bridgehead atoms. The molecule has 14 heavy (non-hydrogen) atoms. The van der Waals surface area contributed by atoms with E-state index in [-0.39, 0.29) is 6.54 Å². The van der Waals surface area contributed by atoms with Gasteiger partial charge in [0.1, 0.15) is 5.84 Å². The van der Waals surface area contributed by atoms with Crippen LogP contribution in [0.2, 0.25) is 0 Å². The Morgan fingerprint density at radius 3 is 2.93 bits per heavy atom. The maximum Gasteiger partial charge on any atom is 0.206 e. The molecule has 1 atom stereocenters. The van der Waals surface area contributed by atoms with E-state index < -0.39 is 10.6 Å². The van der Waals surface area contributed by atoms with E-state index in [1.165, 1.54) is 0 Å². The summed E-state index contributed by atoms with van der Waals surface area (Å²) >= 11 is 11.3. The molecule has 2 aliphatic heterocycles. The Morgan fingerprint density at radius 2 is 2.36 bits per heavy atom. The first-order chi connectivity index (χ1) is 6.53. The minimum Gasteiger partial charge on any atom is -0.366 e. The van der Waals surface area contributed by atoms with Gasteiger partial charge in [0, 0.05) is 11.9 Å². The van der Waals surface area contributed by atoms with E-state index in [1.807, 2.05) is 11.8 Å². The third-order valence-corrected chi connectivity index (χ3v) is 2.90. The van der Waals surface area contributed by atoms with Crippen molar-refractivity contribution in [3.8, 4) is 0 Å². The van der Waals surface area contributed by atoms with Crippen molar-refractivity contribution in [3.63, 3.8) is 0 Å². The van der Waals surface area contributed by atoms with Crippen LogP contribution < -0.4 is 0 Å². The third kappa shape index (κ3) is 1.43. The lowest BCUT2D eigenvalue weighted by Crippen LogP contribution is -2.40. The van der Waals surface area contributed by atoms with Crippen LogP contribution in [-0.2, 0) is 0 Å². The zero-order valence-corrected chi connectivity index (χ0v) is 9.00. The van der Waals surface area contributed by atoms with Crippen LogP contribution in [0, 0.1) is 0 Å². The molecule has 2 heterocycles. The summed E-state index contributed by atoms with van der Waals surface area (Å²) in [5.41, 5.74) is -0.514. The molecule has 0 radical (unpaired) electrons. The minimum absolute atomic E-state index is 0.272. The average molecular weight is 234 g/mol. The van der Waals surface area contributed by atoms with Gasteiger partial charge in [-0.15, -0.1) is 0 Å². The van der Waals surface area contributed by atoms with Gasteiger partial charge in [0.05, 0.1) is 12.8 Å². The van der Waals surface area contributed by atoms with Crippen molar-refractivity contribution >= 4 is 35.3 Å². The van der Waals surface area contributed by atoms with E-state index >= 15 is 0 Å². The van der Waals surface area contributed by atoms with Gasteiger partial charge < -0.3 is 10.0 Å². The number of allylic oxidation sites excluding steroid dienone is 1. The molecule has 0 fully saturated rings. The average Bonchev–Trinajstić information content (AvgIpc) is 2.45. The molecule has 4 nitrogen and oxygen atoms in total. The number of amidine groups is 1. The summed E-state index contributed by atoms with van der Waals surface area (Å²) in [6.07, 6.45) is 3.27. The van der Waals surface area contributed by atoms with E-state index in [4.69, 9.17) is 23.2 Å². The van der Waals surface area contributed by atoms with Crippen LogP contribution >= 0.6 is 23.2 Å². The van der Waals surface area contributed by atoms with Gasteiger partial charge in [-0.2, -0.15) is 0 Å². The Hall–Kier alpha value is -0.580. The van der Waals surface area contributed by atoms with Gasteiger partial charge in [0.25, 0.3) is 0 Å². The lowest BCUT2D eigenvalue weighted by atomic mass is 10.2. The molecule has 0 spiro atoms. The first kappa shape index (κ1) is 9.96. The molecule has 1 N–H and O–H groups in total. The number of alkyl halides is 2. The molecule has 0 aliphatic carbocycles. The second-order valence-corrected chi connectivity index (χ2v) is 4.38. The van der Waals surface area contributed by atoms with Gasteiger partial charge in [0.15, 0.2) is 4.84 Å². The van der Waals surface area contributed by atoms with Crippen LogP contribution in [0.15, 0.2) is 21.9 Å². The number of nitrogens with zero attached hydrogens (tertiary/aromatic N) is 3. The van der Waals surface area contributed by atoms with Gasteiger partial charge in [-0.1, -0.05) is 23.2 Å². The molecule has 76 valence electrons. The Kier molecular flexibility index (Phi) is 2.29. The molecule has 2 aliphatic rings. The van der Waals surface area contributed by atoms with Gasteiger partial charge in [0.2, 0.25) is 5.72 Å². The highest BCUT2D eigenvalue weighted by molar-refractivity contribution is 6.45. The van der Waals surface area contributed by atoms with Crippen molar-refractivity contribution in [2.24, 2.45) is 9.98 Å². The summed E-state index contributed by atoms with van der Waals surface area (Å²) in [4.78, 5) is 8.89. The highest BCUT2D eigenvalue weighted by Crippen LogP contribution is 2.30. The van der Waals surface area contributed by atoms with Crippen molar-refractivity contribution in [1.82, 2.24) is 4.90 Å². The lowest BCUT2D eigenvalue weighted by Gasteiger charge is -2.24. The van der Waals surface area contributed by atoms with Crippen molar-refractivity contribution in [1.29, 1.82) is 0 Å². The monoisotopic (exact) mass is 233 g/mol. The smallest absolute Gasteiger partial charge is 0.206 e. The number of aliphatic imine (C=N–C) groups is 2. The first-order valence-electron chi connectivity index (χ1n) is 4.11. The Morgan fingerprint density at radius 1 is 1.64 bits per heavy atom. The van der Waals surface area contributed by atoms with Gasteiger partial charge >= 0.3 is 0 Å². The predicted molar refractivity (Wildman–Crippen MR) is 56.8 cm³/mol. The fourth-order valence-corrected chi connectivity index (χ4v) is 1.65. The van der Waals surface area contributed by atoms with Crippen LogP contribution in [0.1, 0.15) is 6.92 Å². The molecular formula is C8H9Cl2N3O. The minimum atomic E-state index is -1.43. The van der Waals surface area contributed by atoms with E-state index in [2.05, 4.69) is 9.98 Å². The van der Waals surface area contributed by atoms with Crippen LogP contribution in [0.25, 0.3) is 0 Å². The van der Waals surface area contributed by atoms with Crippen LogP contribution in [0.5, 0.6) is 0 Å². The van der Waals surface area contributed by atoms with Crippen LogP contribution in [-0.4, -0.2) is 39.2 Å². The zero-order chi connectivity index (χ0) is 10.3. The summed E-state index contributed by atoms with van der Waals surface area (Å²) in [6, 6.07) is 0. The molecule has 1 unspecified atom stereocenters. The molecule has 2 rings (SSSR count). The SMILES string of the molecule is CC1=CN=CC2=NC(O)(C(Cl)Cl)CN12. The van der Waals surface area contributed by atoms with Crippen LogP contribution in [0.4, 0.5) is 0 Å². The van der Waals surface area contributed by atoms with Crippen molar-refractivity contribution in [3.05, 3.63) is 11.9 Å². The molecule has 0 aromatic carbocycles. The summed E-state index contributed by atoms with van der Waals surface area (Å²) in [6.45, 7) is 2.16. The molecule has 0 aromatic heterocycles. The Labute approximate surface area is 91.5 Å². The first-order valence-corrected chi connectivity index (χ1v) is 4.98. The fraction of sp³-hybridized carbons (Fsp3) is 0.500. The van der Waals surface area contributed by atoms with Crippen LogP contribution in [0.3, 0.4) is 0 Å². The number of hydrogen-bond acceptors (Lipinski definition) is 4.